The molecule has 3 aromatic rings. The molecule has 0 aliphatic carbocycles. The van der Waals surface area contributed by atoms with Crippen molar-refractivity contribution in [2.45, 2.75) is 45.8 Å². The number of nitrogens with zero attached hydrogens (tertiary/aromatic N) is 3. The third kappa shape index (κ3) is 4.81. The highest BCUT2D eigenvalue weighted by Gasteiger charge is 2.15. The summed E-state index contributed by atoms with van der Waals surface area (Å²) < 4.78 is 2.10. The van der Waals surface area contributed by atoms with Crippen LogP contribution < -0.4 is 5.32 Å². The maximum atomic E-state index is 12.4. The van der Waals surface area contributed by atoms with Crippen molar-refractivity contribution in [1.82, 2.24) is 14.8 Å². The zero-order valence-corrected chi connectivity index (χ0v) is 17.6. The first kappa shape index (κ1) is 20.1. The van der Waals surface area contributed by atoms with E-state index in [-0.39, 0.29) is 5.91 Å². The van der Waals surface area contributed by atoms with Crippen LogP contribution in [0.2, 0.25) is 0 Å². The summed E-state index contributed by atoms with van der Waals surface area (Å²) in [7, 11) is 0. The van der Waals surface area contributed by atoms with Crippen LogP contribution >= 0.6 is 11.8 Å². The second-order valence-corrected chi connectivity index (χ2v) is 7.91. The Labute approximate surface area is 170 Å². The molecule has 0 saturated heterocycles. The molecule has 0 aliphatic heterocycles. The molecule has 0 spiro atoms. The van der Waals surface area contributed by atoms with Gasteiger partial charge in [-0.2, -0.15) is 0 Å². The fourth-order valence-electron chi connectivity index (χ4n) is 2.96. The molecule has 0 saturated carbocycles. The van der Waals surface area contributed by atoms with E-state index in [4.69, 9.17) is 0 Å². The standard InChI is InChI=1S/C22H26N4OS/c1-5-11-26-21(18-8-6-7-15(2)12-18)24-25-22(26)28-14-20(27)23-19-10-9-16(3)17(4)13-19/h6-10,12-13H,5,11,14H2,1-4H3,(H,23,27). The van der Waals surface area contributed by atoms with Gasteiger partial charge in [0, 0.05) is 17.8 Å². The average Bonchev–Trinajstić information content (AvgIpc) is 3.06. The van der Waals surface area contributed by atoms with Crippen molar-refractivity contribution in [3.05, 3.63) is 59.2 Å². The number of hydrogen-bond acceptors (Lipinski definition) is 4. The Morgan fingerprint density at radius 2 is 1.89 bits per heavy atom. The molecule has 1 heterocycles. The molecule has 0 fully saturated rings. The van der Waals surface area contributed by atoms with Gasteiger partial charge in [0.2, 0.25) is 5.91 Å². The molecule has 28 heavy (non-hydrogen) atoms. The minimum Gasteiger partial charge on any atom is -0.325 e. The quantitative estimate of drug-likeness (QED) is 0.572. The summed E-state index contributed by atoms with van der Waals surface area (Å²) in [5.41, 5.74) is 5.43. The van der Waals surface area contributed by atoms with Gasteiger partial charge in [-0.25, -0.2) is 0 Å². The molecule has 3 rings (SSSR count). The predicted octanol–water partition coefficient (Wildman–Crippen LogP) is 5.01. The van der Waals surface area contributed by atoms with Gasteiger partial charge in [-0.05, 0) is 56.5 Å². The zero-order chi connectivity index (χ0) is 20.1. The lowest BCUT2D eigenvalue weighted by molar-refractivity contribution is -0.113. The van der Waals surface area contributed by atoms with Gasteiger partial charge in [-0.15, -0.1) is 10.2 Å². The average molecular weight is 395 g/mol. The van der Waals surface area contributed by atoms with E-state index in [9.17, 15) is 4.79 Å². The largest absolute Gasteiger partial charge is 0.325 e. The Bertz CT molecular complexity index is 980. The number of carbonyl (C=O) groups is 1. The zero-order valence-electron chi connectivity index (χ0n) is 16.8. The fraction of sp³-hybridized carbons (Fsp3) is 0.318. The lowest BCUT2D eigenvalue weighted by Crippen LogP contribution is -2.15. The van der Waals surface area contributed by atoms with Crippen LogP contribution in [0.3, 0.4) is 0 Å². The van der Waals surface area contributed by atoms with Gasteiger partial charge >= 0.3 is 0 Å². The van der Waals surface area contributed by atoms with Crippen molar-refractivity contribution >= 4 is 23.4 Å². The topological polar surface area (TPSA) is 59.8 Å². The molecule has 0 bridgehead atoms. The molecule has 0 unspecified atom stereocenters. The number of aryl methyl sites for hydroxylation is 3. The number of carbonyl (C=O) groups excluding carboxylic acids is 1. The molecule has 5 nitrogen and oxygen atoms in total. The van der Waals surface area contributed by atoms with E-state index >= 15 is 0 Å². The molecule has 6 heteroatoms. The number of nitrogens with one attached hydrogen (secondary N) is 1. The van der Waals surface area contributed by atoms with Crippen LogP contribution in [-0.4, -0.2) is 26.4 Å². The summed E-state index contributed by atoms with van der Waals surface area (Å²) in [6.45, 7) is 9.11. The molecule has 0 aliphatic rings. The van der Waals surface area contributed by atoms with Crippen LogP contribution in [0.1, 0.15) is 30.0 Å². The van der Waals surface area contributed by atoms with Crippen molar-refractivity contribution in [3.63, 3.8) is 0 Å². The van der Waals surface area contributed by atoms with Gasteiger partial charge in [0.05, 0.1) is 5.75 Å². The molecule has 1 N–H and O–H groups in total. The summed E-state index contributed by atoms with van der Waals surface area (Å²) in [6.07, 6.45) is 0.971. The highest BCUT2D eigenvalue weighted by molar-refractivity contribution is 7.99. The van der Waals surface area contributed by atoms with E-state index in [1.54, 1.807) is 0 Å². The number of aromatic nitrogens is 3. The Hall–Kier alpha value is -2.60. The fourth-order valence-corrected chi connectivity index (χ4v) is 3.73. The lowest BCUT2D eigenvalue weighted by atomic mass is 10.1. The molecular weight excluding hydrogens is 368 g/mol. The van der Waals surface area contributed by atoms with E-state index in [0.29, 0.717) is 5.75 Å². The summed E-state index contributed by atoms with van der Waals surface area (Å²) >= 11 is 1.42. The van der Waals surface area contributed by atoms with Gasteiger partial charge in [0.15, 0.2) is 11.0 Å². The number of amides is 1. The molecule has 1 aromatic heterocycles. The summed E-state index contributed by atoms with van der Waals surface area (Å²) in [5.74, 6) is 1.10. The number of rotatable bonds is 7. The third-order valence-corrected chi connectivity index (χ3v) is 5.53. The van der Waals surface area contributed by atoms with Crippen molar-refractivity contribution in [2.24, 2.45) is 0 Å². The Morgan fingerprint density at radius 3 is 2.61 bits per heavy atom. The monoisotopic (exact) mass is 394 g/mol. The van der Waals surface area contributed by atoms with Crippen LogP contribution in [0.15, 0.2) is 47.6 Å². The Morgan fingerprint density at radius 1 is 1.07 bits per heavy atom. The van der Waals surface area contributed by atoms with E-state index in [1.165, 1.54) is 22.9 Å². The second kappa shape index (κ2) is 9.06. The van der Waals surface area contributed by atoms with Crippen molar-refractivity contribution in [1.29, 1.82) is 0 Å². The summed E-state index contributed by atoms with van der Waals surface area (Å²) in [6, 6.07) is 14.2. The Balaban J connectivity index is 1.71. The summed E-state index contributed by atoms with van der Waals surface area (Å²) in [4.78, 5) is 12.4. The van der Waals surface area contributed by atoms with Crippen molar-refractivity contribution in [3.8, 4) is 11.4 Å². The minimum absolute atomic E-state index is 0.0450. The first-order valence-corrected chi connectivity index (χ1v) is 10.5. The van der Waals surface area contributed by atoms with Gasteiger partial charge in [-0.1, -0.05) is 48.5 Å². The third-order valence-electron chi connectivity index (χ3n) is 4.56. The molecule has 0 atom stereocenters. The number of hydrogen-bond donors (Lipinski definition) is 1. The van der Waals surface area contributed by atoms with Gasteiger partial charge in [0.25, 0.3) is 0 Å². The van der Waals surface area contributed by atoms with Gasteiger partial charge < -0.3 is 9.88 Å². The molecule has 146 valence electrons. The van der Waals surface area contributed by atoms with Gasteiger partial charge in [0.1, 0.15) is 0 Å². The van der Waals surface area contributed by atoms with Crippen molar-refractivity contribution < 1.29 is 4.79 Å². The number of benzene rings is 2. The van der Waals surface area contributed by atoms with Crippen LogP contribution in [-0.2, 0) is 11.3 Å². The first-order valence-electron chi connectivity index (χ1n) is 9.48. The number of thioether (sulfide) groups is 1. The van der Waals surface area contributed by atoms with E-state index in [1.807, 2.05) is 37.3 Å². The van der Waals surface area contributed by atoms with E-state index < -0.39 is 0 Å². The van der Waals surface area contributed by atoms with Crippen LogP contribution in [0.4, 0.5) is 5.69 Å². The maximum Gasteiger partial charge on any atom is 0.234 e. The highest BCUT2D eigenvalue weighted by atomic mass is 32.2. The van der Waals surface area contributed by atoms with Crippen LogP contribution in [0, 0.1) is 20.8 Å². The van der Waals surface area contributed by atoms with Crippen LogP contribution in [0.5, 0.6) is 0 Å². The summed E-state index contributed by atoms with van der Waals surface area (Å²) in [5, 5.41) is 12.5. The highest BCUT2D eigenvalue weighted by Crippen LogP contribution is 2.25. The Kier molecular flexibility index (Phi) is 6.52. The van der Waals surface area contributed by atoms with Gasteiger partial charge in [-0.3, -0.25) is 4.79 Å². The minimum atomic E-state index is -0.0450. The molecule has 1 amide bonds. The second-order valence-electron chi connectivity index (χ2n) is 6.96. The lowest BCUT2D eigenvalue weighted by Gasteiger charge is -2.10. The molecule has 2 aromatic carbocycles. The SMILES string of the molecule is CCCn1c(SCC(=O)Nc2ccc(C)c(C)c2)nnc1-c1cccc(C)c1. The molecular formula is C22H26N4OS. The predicted molar refractivity (Wildman–Crippen MR) is 116 cm³/mol. The van der Waals surface area contributed by atoms with E-state index in [2.05, 4.69) is 53.0 Å². The molecule has 0 radical (unpaired) electrons. The maximum absolute atomic E-state index is 12.4. The normalized spacial score (nSPS) is 10.9. The smallest absolute Gasteiger partial charge is 0.234 e. The van der Waals surface area contributed by atoms with Crippen molar-refractivity contribution in [2.75, 3.05) is 11.1 Å². The van der Waals surface area contributed by atoms with Crippen LogP contribution in [0.25, 0.3) is 11.4 Å². The first-order chi connectivity index (χ1) is 13.5. The number of anilines is 1. The van der Waals surface area contributed by atoms with E-state index in [0.717, 1.165) is 40.8 Å².